The first-order valence-corrected chi connectivity index (χ1v) is 5.87. The molecule has 2 rings (SSSR count). The van der Waals surface area contributed by atoms with Gasteiger partial charge < -0.3 is 11.1 Å². The quantitative estimate of drug-likeness (QED) is 0.871. The third kappa shape index (κ3) is 2.25. The molecule has 0 radical (unpaired) electrons. The fourth-order valence-corrected chi connectivity index (χ4v) is 2.27. The molecule has 1 amide bonds. The summed E-state index contributed by atoms with van der Waals surface area (Å²) in [6.45, 7) is 0. The lowest BCUT2D eigenvalue weighted by Crippen LogP contribution is -2.50. The maximum Gasteiger partial charge on any atom is 0.255 e. The van der Waals surface area contributed by atoms with Gasteiger partial charge in [-0.3, -0.25) is 4.79 Å². The minimum atomic E-state index is -0.518. The van der Waals surface area contributed by atoms with Crippen LogP contribution >= 0.6 is 15.9 Å². The number of nitrogens with two attached hydrogens (primary N) is 1. The Morgan fingerprint density at radius 1 is 1.50 bits per heavy atom. The molecule has 3 N–H and O–H groups in total. The highest BCUT2D eigenvalue weighted by Gasteiger charge is 2.28. The van der Waals surface area contributed by atoms with Crippen LogP contribution in [0, 0.1) is 5.82 Å². The van der Waals surface area contributed by atoms with Gasteiger partial charge in [0.15, 0.2) is 0 Å². The lowest BCUT2D eigenvalue weighted by atomic mass is 9.87. The van der Waals surface area contributed by atoms with E-state index in [1.807, 2.05) is 0 Å². The van der Waals surface area contributed by atoms with Crippen molar-refractivity contribution in [3.8, 4) is 0 Å². The molecule has 86 valence electrons. The van der Waals surface area contributed by atoms with E-state index in [1.54, 1.807) is 12.1 Å². The van der Waals surface area contributed by atoms with Crippen LogP contribution in [0.3, 0.4) is 0 Å². The van der Waals surface area contributed by atoms with E-state index in [4.69, 9.17) is 5.73 Å². The van der Waals surface area contributed by atoms with Gasteiger partial charge in [-0.25, -0.2) is 4.39 Å². The molecule has 0 unspecified atom stereocenters. The third-order valence-corrected chi connectivity index (χ3v) is 3.36. The summed E-state index contributed by atoms with van der Waals surface area (Å²) >= 11 is 3.16. The molecule has 0 atom stereocenters. The normalized spacial score (nSPS) is 23.7. The zero-order chi connectivity index (χ0) is 11.7. The molecule has 5 heteroatoms. The second-order valence-electron chi connectivity index (χ2n) is 4.00. The van der Waals surface area contributed by atoms with Crippen molar-refractivity contribution in [3.63, 3.8) is 0 Å². The molecule has 3 nitrogen and oxygen atoms in total. The summed E-state index contributed by atoms with van der Waals surface area (Å²) in [5, 5.41) is 2.76. The average Bonchev–Trinajstić information content (AvgIpc) is 2.15. The smallest absolute Gasteiger partial charge is 0.255 e. The number of nitrogens with one attached hydrogen (secondary N) is 1. The molecule has 0 bridgehead atoms. The lowest BCUT2D eigenvalue weighted by molar-refractivity contribution is 0.0905. The first-order valence-electron chi connectivity index (χ1n) is 5.08. The van der Waals surface area contributed by atoms with Gasteiger partial charge in [0, 0.05) is 16.6 Å². The van der Waals surface area contributed by atoms with Crippen LogP contribution in [0.15, 0.2) is 22.7 Å². The Morgan fingerprint density at radius 2 is 2.19 bits per heavy atom. The first kappa shape index (κ1) is 11.5. The molecule has 0 spiro atoms. The van der Waals surface area contributed by atoms with Gasteiger partial charge in [0.25, 0.3) is 5.91 Å². The molecule has 1 aliphatic rings. The zero-order valence-electron chi connectivity index (χ0n) is 8.54. The molecule has 0 aromatic heterocycles. The Morgan fingerprint density at radius 3 is 2.75 bits per heavy atom. The number of amides is 1. The van der Waals surface area contributed by atoms with Crippen molar-refractivity contribution in [2.75, 3.05) is 0 Å². The molecular formula is C11H12BrFN2O. The minimum absolute atomic E-state index is 0.0583. The number of hydrogen-bond acceptors (Lipinski definition) is 2. The second kappa shape index (κ2) is 4.51. The van der Waals surface area contributed by atoms with Gasteiger partial charge in [-0.1, -0.05) is 6.07 Å². The highest BCUT2D eigenvalue weighted by atomic mass is 79.9. The van der Waals surface area contributed by atoms with Crippen LogP contribution in [0.5, 0.6) is 0 Å². The zero-order valence-corrected chi connectivity index (χ0v) is 10.1. The SMILES string of the molecule is NC1CC(NC(=O)c2c(F)cccc2Br)C1. The number of carbonyl (C=O) groups is 1. The van der Waals surface area contributed by atoms with Gasteiger partial charge in [-0.2, -0.15) is 0 Å². The van der Waals surface area contributed by atoms with E-state index < -0.39 is 5.82 Å². The van der Waals surface area contributed by atoms with Gasteiger partial charge in [0.2, 0.25) is 0 Å². The van der Waals surface area contributed by atoms with Crippen molar-refractivity contribution in [1.29, 1.82) is 0 Å². The molecule has 1 aliphatic carbocycles. The van der Waals surface area contributed by atoms with E-state index in [1.165, 1.54) is 6.07 Å². The predicted octanol–water partition coefficient (Wildman–Crippen LogP) is 1.81. The highest BCUT2D eigenvalue weighted by Crippen LogP contribution is 2.22. The highest BCUT2D eigenvalue weighted by molar-refractivity contribution is 9.10. The van der Waals surface area contributed by atoms with Gasteiger partial charge >= 0.3 is 0 Å². The van der Waals surface area contributed by atoms with Crippen LogP contribution < -0.4 is 11.1 Å². The molecule has 1 aromatic carbocycles. The predicted molar refractivity (Wildman–Crippen MR) is 62.6 cm³/mol. The fraction of sp³-hybridized carbons (Fsp3) is 0.364. The molecule has 1 aromatic rings. The molecule has 0 saturated heterocycles. The lowest BCUT2D eigenvalue weighted by Gasteiger charge is -2.33. The second-order valence-corrected chi connectivity index (χ2v) is 4.85. The van der Waals surface area contributed by atoms with E-state index in [9.17, 15) is 9.18 Å². The summed E-state index contributed by atoms with van der Waals surface area (Å²) in [5.41, 5.74) is 5.67. The van der Waals surface area contributed by atoms with Gasteiger partial charge in [0.1, 0.15) is 5.82 Å². The van der Waals surface area contributed by atoms with Crippen molar-refractivity contribution < 1.29 is 9.18 Å². The number of rotatable bonds is 2. The standard InChI is InChI=1S/C11H12BrFN2O/c12-8-2-1-3-9(13)10(8)11(16)15-7-4-6(14)5-7/h1-3,6-7H,4-5,14H2,(H,15,16). The van der Waals surface area contributed by atoms with E-state index in [0.717, 1.165) is 12.8 Å². The molecule has 0 aliphatic heterocycles. The van der Waals surface area contributed by atoms with Crippen molar-refractivity contribution in [3.05, 3.63) is 34.1 Å². The van der Waals surface area contributed by atoms with Crippen molar-refractivity contribution >= 4 is 21.8 Å². The number of carbonyl (C=O) groups excluding carboxylic acids is 1. The van der Waals surface area contributed by atoms with E-state index in [2.05, 4.69) is 21.2 Å². The van der Waals surface area contributed by atoms with Gasteiger partial charge in [-0.05, 0) is 40.9 Å². The fourth-order valence-electron chi connectivity index (χ4n) is 1.75. The Bertz CT molecular complexity index is 398. The third-order valence-electron chi connectivity index (χ3n) is 2.70. The van der Waals surface area contributed by atoms with E-state index in [-0.39, 0.29) is 23.6 Å². The average molecular weight is 287 g/mol. The molecular weight excluding hydrogens is 275 g/mol. The maximum absolute atomic E-state index is 13.4. The van der Waals surface area contributed by atoms with Crippen LogP contribution in [-0.2, 0) is 0 Å². The first-order chi connectivity index (χ1) is 7.58. The summed E-state index contributed by atoms with van der Waals surface area (Å²) in [4.78, 5) is 11.8. The van der Waals surface area contributed by atoms with Gasteiger partial charge in [0.05, 0.1) is 5.56 Å². The molecule has 1 fully saturated rings. The summed E-state index contributed by atoms with van der Waals surface area (Å²) < 4.78 is 13.9. The molecule has 0 heterocycles. The van der Waals surface area contributed by atoms with Crippen LogP contribution in [0.4, 0.5) is 4.39 Å². The van der Waals surface area contributed by atoms with Crippen LogP contribution in [0.1, 0.15) is 23.2 Å². The van der Waals surface area contributed by atoms with Crippen molar-refractivity contribution in [2.24, 2.45) is 5.73 Å². The number of benzene rings is 1. The van der Waals surface area contributed by atoms with Gasteiger partial charge in [-0.15, -0.1) is 0 Å². The topological polar surface area (TPSA) is 55.1 Å². The summed E-state index contributed by atoms with van der Waals surface area (Å²) in [6.07, 6.45) is 1.52. The Hall–Kier alpha value is -0.940. The maximum atomic E-state index is 13.4. The Kier molecular flexibility index (Phi) is 3.25. The van der Waals surface area contributed by atoms with Crippen molar-refractivity contribution in [1.82, 2.24) is 5.32 Å². The summed E-state index contributed by atoms with van der Waals surface area (Å²) in [7, 11) is 0. The monoisotopic (exact) mass is 286 g/mol. The molecule has 16 heavy (non-hydrogen) atoms. The van der Waals surface area contributed by atoms with Crippen LogP contribution in [0.2, 0.25) is 0 Å². The minimum Gasteiger partial charge on any atom is -0.349 e. The van der Waals surface area contributed by atoms with Crippen LogP contribution in [0.25, 0.3) is 0 Å². The molecule has 1 saturated carbocycles. The summed E-state index contributed by atoms with van der Waals surface area (Å²) in [5.74, 6) is -0.905. The largest absolute Gasteiger partial charge is 0.349 e. The summed E-state index contributed by atoms with van der Waals surface area (Å²) in [6, 6.07) is 4.70. The van der Waals surface area contributed by atoms with E-state index >= 15 is 0 Å². The number of halogens is 2. The van der Waals surface area contributed by atoms with E-state index in [0.29, 0.717) is 4.47 Å². The Labute approximate surface area is 101 Å². The Balaban J connectivity index is 2.09. The number of hydrogen-bond donors (Lipinski definition) is 2. The van der Waals surface area contributed by atoms with Crippen LogP contribution in [-0.4, -0.2) is 18.0 Å². The van der Waals surface area contributed by atoms with Crippen molar-refractivity contribution in [2.45, 2.75) is 24.9 Å².